The van der Waals surface area contributed by atoms with Crippen LogP contribution in [0.4, 0.5) is 0 Å². The molecule has 3 heterocycles. The molecule has 0 aliphatic carbocycles. The lowest BCUT2D eigenvalue weighted by atomic mass is 9.97. The number of nitrogens with one attached hydrogen (secondary N) is 2. The molecular formula is C20H25N5O. The van der Waals surface area contributed by atoms with Gasteiger partial charge in [0, 0.05) is 44.2 Å². The monoisotopic (exact) mass is 351 g/mol. The lowest BCUT2D eigenvalue weighted by Crippen LogP contribution is -2.39. The number of amides is 1. The summed E-state index contributed by atoms with van der Waals surface area (Å²) in [6, 6.07) is 4.23. The highest BCUT2D eigenvalue weighted by Crippen LogP contribution is 2.25. The summed E-state index contributed by atoms with van der Waals surface area (Å²) in [7, 11) is 0. The zero-order valence-electron chi connectivity index (χ0n) is 15.4. The second kappa shape index (κ2) is 6.94. The van der Waals surface area contributed by atoms with Crippen molar-refractivity contribution in [2.45, 2.75) is 45.4 Å². The van der Waals surface area contributed by atoms with E-state index in [4.69, 9.17) is 0 Å². The van der Waals surface area contributed by atoms with E-state index in [1.165, 1.54) is 11.1 Å². The molecule has 0 saturated carbocycles. The van der Waals surface area contributed by atoms with Gasteiger partial charge in [0.05, 0.1) is 11.0 Å². The van der Waals surface area contributed by atoms with Gasteiger partial charge in [-0.1, -0.05) is 0 Å². The number of aromatic nitrogens is 4. The number of nitrogens with zero attached hydrogens (tertiary/aromatic N) is 3. The molecule has 26 heavy (non-hydrogen) atoms. The smallest absolute Gasteiger partial charge is 0.223 e. The molecule has 2 aromatic heterocycles. The molecule has 6 nitrogen and oxygen atoms in total. The van der Waals surface area contributed by atoms with Crippen molar-refractivity contribution in [3.63, 3.8) is 0 Å². The van der Waals surface area contributed by atoms with Gasteiger partial charge in [-0.2, -0.15) is 0 Å². The summed E-state index contributed by atoms with van der Waals surface area (Å²) in [6.45, 7) is 5.79. The highest BCUT2D eigenvalue weighted by Gasteiger charge is 2.26. The van der Waals surface area contributed by atoms with Crippen LogP contribution in [-0.4, -0.2) is 43.8 Å². The first-order chi connectivity index (χ1) is 12.6. The first-order valence-electron chi connectivity index (χ1n) is 9.33. The summed E-state index contributed by atoms with van der Waals surface area (Å²) in [5, 5.41) is 0. The maximum Gasteiger partial charge on any atom is 0.223 e. The van der Waals surface area contributed by atoms with Crippen LogP contribution in [-0.2, 0) is 11.2 Å². The molecule has 0 spiro atoms. The molecule has 1 atom stereocenters. The largest absolute Gasteiger partial charge is 0.348 e. The fourth-order valence-electron chi connectivity index (χ4n) is 3.75. The minimum Gasteiger partial charge on any atom is -0.348 e. The lowest BCUT2D eigenvalue weighted by Gasteiger charge is -2.31. The number of rotatable bonds is 4. The minimum absolute atomic E-state index is 0.203. The molecule has 1 aromatic carbocycles. The summed E-state index contributed by atoms with van der Waals surface area (Å²) in [6.07, 6.45) is 6.87. The molecule has 2 N–H and O–H groups in total. The number of H-pyrrole nitrogens is 2. The summed E-state index contributed by atoms with van der Waals surface area (Å²) in [4.78, 5) is 30.2. The van der Waals surface area contributed by atoms with E-state index in [2.05, 4.69) is 45.9 Å². The highest BCUT2D eigenvalue weighted by molar-refractivity contribution is 5.78. The SMILES string of the molecule is Cc1cc2nc(CCC(=O)N3CCCC(c4ncc[nH]4)C3)[nH]c2cc1C. The van der Waals surface area contributed by atoms with E-state index in [1.54, 1.807) is 6.20 Å². The third-order valence-corrected chi connectivity index (χ3v) is 5.40. The van der Waals surface area contributed by atoms with Gasteiger partial charge in [0.15, 0.2) is 0 Å². The number of carbonyl (C=O) groups is 1. The molecule has 1 saturated heterocycles. The number of aryl methyl sites for hydroxylation is 3. The van der Waals surface area contributed by atoms with Crippen molar-refractivity contribution in [3.05, 3.63) is 47.3 Å². The molecule has 1 aliphatic rings. The van der Waals surface area contributed by atoms with Crippen LogP contribution in [0.1, 0.15) is 48.0 Å². The molecule has 4 rings (SSSR count). The van der Waals surface area contributed by atoms with Crippen LogP contribution in [0.3, 0.4) is 0 Å². The van der Waals surface area contributed by atoms with Gasteiger partial charge in [0.25, 0.3) is 0 Å². The van der Waals surface area contributed by atoms with E-state index < -0.39 is 0 Å². The first-order valence-corrected chi connectivity index (χ1v) is 9.33. The molecule has 1 amide bonds. The second-order valence-electron chi connectivity index (χ2n) is 7.29. The Labute approximate surface area is 153 Å². The van der Waals surface area contributed by atoms with E-state index >= 15 is 0 Å². The molecule has 1 fully saturated rings. The van der Waals surface area contributed by atoms with E-state index in [0.717, 1.165) is 48.6 Å². The Morgan fingerprint density at radius 2 is 2.15 bits per heavy atom. The van der Waals surface area contributed by atoms with E-state index in [-0.39, 0.29) is 5.91 Å². The third-order valence-electron chi connectivity index (χ3n) is 5.40. The van der Waals surface area contributed by atoms with Gasteiger partial charge < -0.3 is 14.9 Å². The number of carbonyl (C=O) groups excluding carboxylic acids is 1. The Bertz CT molecular complexity index is 873. The summed E-state index contributed by atoms with van der Waals surface area (Å²) >= 11 is 0. The fraction of sp³-hybridized carbons (Fsp3) is 0.450. The summed E-state index contributed by atoms with van der Waals surface area (Å²) in [5.41, 5.74) is 4.52. The maximum atomic E-state index is 12.7. The molecule has 6 heteroatoms. The highest BCUT2D eigenvalue weighted by atomic mass is 16.2. The zero-order chi connectivity index (χ0) is 18.1. The van der Waals surface area contributed by atoms with E-state index in [1.807, 2.05) is 11.1 Å². The Hall–Kier alpha value is -2.63. The van der Waals surface area contributed by atoms with Crippen LogP contribution in [0.2, 0.25) is 0 Å². The summed E-state index contributed by atoms with van der Waals surface area (Å²) < 4.78 is 0. The maximum absolute atomic E-state index is 12.7. The second-order valence-corrected chi connectivity index (χ2v) is 7.29. The summed E-state index contributed by atoms with van der Waals surface area (Å²) in [5.74, 6) is 2.40. The molecule has 3 aromatic rings. The molecule has 0 bridgehead atoms. The molecule has 0 radical (unpaired) electrons. The van der Waals surface area contributed by atoms with Gasteiger partial charge in [0.2, 0.25) is 5.91 Å². The van der Waals surface area contributed by atoms with Gasteiger partial charge in [-0.3, -0.25) is 4.79 Å². The Balaban J connectivity index is 1.39. The fourth-order valence-corrected chi connectivity index (χ4v) is 3.75. The number of fused-ring (bicyclic) bond motifs is 1. The average molecular weight is 351 g/mol. The van der Waals surface area contributed by atoms with Crippen LogP contribution in [0.5, 0.6) is 0 Å². The number of likely N-dealkylation sites (tertiary alicyclic amines) is 1. The Morgan fingerprint density at radius 3 is 2.96 bits per heavy atom. The van der Waals surface area contributed by atoms with Gasteiger partial charge in [-0.05, 0) is 49.9 Å². The van der Waals surface area contributed by atoms with Gasteiger partial charge in [-0.15, -0.1) is 0 Å². The van der Waals surface area contributed by atoms with Gasteiger partial charge in [0.1, 0.15) is 11.6 Å². The van der Waals surface area contributed by atoms with Crippen molar-refractivity contribution in [2.75, 3.05) is 13.1 Å². The van der Waals surface area contributed by atoms with Crippen molar-refractivity contribution in [2.24, 2.45) is 0 Å². The number of hydrogen-bond donors (Lipinski definition) is 2. The van der Waals surface area contributed by atoms with Crippen molar-refractivity contribution in [1.29, 1.82) is 0 Å². The average Bonchev–Trinajstić information content (AvgIpc) is 3.30. The first kappa shape index (κ1) is 16.8. The number of imidazole rings is 2. The zero-order valence-corrected chi connectivity index (χ0v) is 15.4. The van der Waals surface area contributed by atoms with Crippen LogP contribution in [0.25, 0.3) is 11.0 Å². The number of benzene rings is 1. The molecule has 136 valence electrons. The Kier molecular flexibility index (Phi) is 4.49. The predicted molar refractivity (Wildman–Crippen MR) is 101 cm³/mol. The normalized spacial score (nSPS) is 17.8. The molecule has 1 unspecified atom stereocenters. The number of aromatic amines is 2. The Morgan fingerprint density at radius 1 is 1.31 bits per heavy atom. The third kappa shape index (κ3) is 3.36. The van der Waals surface area contributed by atoms with Crippen LogP contribution in [0.15, 0.2) is 24.5 Å². The molecule has 1 aliphatic heterocycles. The standard InChI is InChI=1S/C20H25N5O/c1-13-10-16-17(11-14(13)2)24-18(23-16)5-6-19(26)25-9-3-4-15(12-25)20-21-7-8-22-20/h7-8,10-11,15H,3-6,9,12H2,1-2H3,(H,21,22)(H,23,24). The topological polar surface area (TPSA) is 77.7 Å². The van der Waals surface area contributed by atoms with Gasteiger partial charge in [-0.25, -0.2) is 9.97 Å². The predicted octanol–water partition coefficient (Wildman–Crippen LogP) is 3.24. The van der Waals surface area contributed by atoms with Crippen molar-refractivity contribution < 1.29 is 4.79 Å². The van der Waals surface area contributed by atoms with Crippen LogP contribution < -0.4 is 0 Å². The van der Waals surface area contributed by atoms with Gasteiger partial charge >= 0.3 is 0 Å². The lowest BCUT2D eigenvalue weighted by molar-refractivity contribution is -0.132. The number of hydrogen-bond acceptors (Lipinski definition) is 3. The van der Waals surface area contributed by atoms with E-state index in [9.17, 15) is 4.79 Å². The van der Waals surface area contributed by atoms with Crippen molar-refractivity contribution in [3.8, 4) is 0 Å². The minimum atomic E-state index is 0.203. The van der Waals surface area contributed by atoms with Crippen molar-refractivity contribution >= 4 is 16.9 Å². The van der Waals surface area contributed by atoms with Crippen molar-refractivity contribution in [1.82, 2.24) is 24.8 Å². The van der Waals surface area contributed by atoms with E-state index in [0.29, 0.717) is 18.8 Å². The van der Waals surface area contributed by atoms with Crippen LogP contribution in [0, 0.1) is 13.8 Å². The quantitative estimate of drug-likeness (QED) is 0.757. The molecular weight excluding hydrogens is 326 g/mol. The number of piperidine rings is 1. The van der Waals surface area contributed by atoms with Crippen LogP contribution >= 0.6 is 0 Å².